The largest absolute Gasteiger partial charge is 0.472 e. The molecule has 0 radical (unpaired) electrons. The third-order valence-electron chi connectivity index (χ3n) is 19.5. The Bertz CT molecular complexity index is 1960. The van der Waals surface area contributed by atoms with E-state index in [1.54, 1.807) is 0 Å². The van der Waals surface area contributed by atoms with E-state index in [1.807, 2.05) is 0 Å². The van der Waals surface area contributed by atoms with Gasteiger partial charge in [0.1, 0.15) is 19.3 Å². The quantitative estimate of drug-likeness (QED) is 0.0222. The second-order valence-corrected chi connectivity index (χ2v) is 33.6. The molecule has 0 heterocycles. The van der Waals surface area contributed by atoms with E-state index < -0.39 is 97.5 Å². The first-order chi connectivity index (χ1) is 48.8. The number of carbonyl (C=O) groups excluding carboxylic acids is 4. The number of rotatable bonds is 80. The van der Waals surface area contributed by atoms with Crippen LogP contribution in [0.5, 0.6) is 0 Å². The third kappa shape index (κ3) is 74.7. The Kier molecular flexibility index (Phi) is 70.9. The molecular formula is C82H160O17P2. The Balaban J connectivity index is 5.17. The summed E-state index contributed by atoms with van der Waals surface area (Å²) in [6.07, 6.45) is 61.2. The fourth-order valence-corrected chi connectivity index (χ4v) is 14.2. The Morgan fingerprint density at radius 2 is 0.505 bits per heavy atom. The molecule has 0 aliphatic rings. The van der Waals surface area contributed by atoms with Crippen LogP contribution in [0.1, 0.15) is 427 Å². The van der Waals surface area contributed by atoms with Gasteiger partial charge < -0.3 is 33.8 Å². The molecule has 0 saturated heterocycles. The van der Waals surface area contributed by atoms with Crippen molar-refractivity contribution in [3.8, 4) is 0 Å². The molecule has 0 spiro atoms. The van der Waals surface area contributed by atoms with Gasteiger partial charge in [0.25, 0.3) is 0 Å². The van der Waals surface area contributed by atoms with Gasteiger partial charge in [-0.05, 0) is 43.4 Å². The third-order valence-corrected chi connectivity index (χ3v) is 21.4. The van der Waals surface area contributed by atoms with Gasteiger partial charge in [-0.2, -0.15) is 0 Å². The molecule has 0 aromatic heterocycles. The van der Waals surface area contributed by atoms with Gasteiger partial charge in [-0.25, -0.2) is 9.13 Å². The number of phosphoric ester groups is 2. The second kappa shape index (κ2) is 72.3. The number of unbranched alkanes of at least 4 members (excludes halogenated alkanes) is 47. The second-order valence-electron chi connectivity index (χ2n) is 30.7. The first-order valence-electron chi connectivity index (χ1n) is 42.4. The summed E-state index contributed by atoms with van der Waals surface area (Å²) in [6.45, 7) is 12.0. The molecule has 101 heavy (non-hydrogen) atoms. The highest BCUT2D eigenvalue weighted by Crippen LogP contribution is 2.45. The van der Waals surface area contributed by atoms with Gasteiger partial charge in [0.15, 0.2) is 12.2 Å². The number of carbonyl (C=O) groups is 4. The Hall–Kier alpha value is -1.94. The molecule has 600 valence electrons. The maximum Gasteiger partial charge on any atom is 0.472 e. The van der Waals surface area contributed by atoms with Gasteiger partial charge in [0.2, 0.25) is 0 Å². The number of phosphoric acid groups is 2. The van der Waals surface area contributed by atoms with Crippen molar-refractivity contribution >= 4 is 39.5 Å². The van der Waals surface area contributed by atoms with Crippen LogP contribution in [0.2, 0.25) is 0 Å². The molecule has 0 aromatic carbocycles. The smallest absolute Gasteiger partial charge is 0.462 e. The zero-order valence-electron chi connectivity index (χ0n) is 66.4. The van der Waals surface area contributed by atoms with E-state index in [9.17, 15) is 43.2 Å². The molecule has 0 aliphatic carbocycles. The number of ether oxygens (including phenoxy) is 4. The maximum absolute atomic E-state index is 13.1. The lowest BCUT2D eigenvalue weighted by Crippen LogP contribution is -2.30. The van der Waals surface area contributed by atoms with Crippen LogP contribution in [-0.4, -0.2) is 96.7 Å². The average molecular weight is 1480 g/mol. The van der Waals surface area contributed by atoms with Crippen LogP contribution >= 0.6 is 15.6 Å². The van der Waals surface area contributed by atoms with Crippen molar-refractivity contribution in [3.05, 3.63) is 0 Å². The fourth-order valence-electron chi connectivity index (χ4n) is 12.6. The minimum absolute atomic E-state index is 0.106. The molecule has 3 N–H and O–H groups in total. The maximum atomic E-state index is 13.1. The molecule has 0 aliphatic heterocycles. The van der Waals surface area contributed by atoms with Crippen molar-refractivity contribution < 1.29 is 80.2 Å². The van der Waals surface area contributed by atoms with E-state index in [4.69, 9.17) is 37.0 Å². The van der Waals surface area contributed by atoms with Crippen molar-refractivity contribution in [3.63, 3.8) is 0 Å². The number of hydrogen-bond acceptors (Lipinski definition) is 15. The molecular weight excluding hydrogens is 1320 g/mol. The van der Waals surface area contributed by atoms with Gasteiger partial charge in [0.05, 0.1) is 26.4 Å². The van der Waals surface area contributed by atoms with Crippen LogP contribution in [-0.2, 0) is 65.4 Å². The van der Waals surface area contributed by atoms with Crippen molar-refractivity contribution in [2.24, 2.45) is 17.8 Å². The number of aliphatic hydroxyl groups is 1. The zero-order valence-corrected chi connectivity index (χ0v) is 68.2. The van der Waals surface area contributed by atoms with Gasteiger partial charge in [0, 0.05) is 25.7 Å². The molecule has 0 bridgehead atoms. The van der Waals surface area contributed by atoms with Crippen molar-refractivity contribution in [1.82, 2.24) is 0 Å². The van der Waals surface area contributed by atoms with Gasteiger partial charge in [-0.3, -0.25) is 37.3 Å². The monoisotopic (exact) mass is 1480 g/mol. The van der Waals surface area contributed by atoms with E-state index >= 15 is 0 Å². The molecule has 19 heteroatoms. The standard InChI is InChI=1S/C82H160O17P2/c1-8-10-11-12-39-49-56-63-79(84)92-69-77(98-82(87)66-59-52-45-38-32-26-28-34-41-47-54-61-74(5)6)71-96-100(88,89)94-67-76(83)68-95-101(90,91)97-72-78(70-93-80(85)64-57-50-43-36-30-24-21-17-18-22-27-33-40-46-53-60-73(3)4)99-81(86)65-58-51-44-37-31-25-20-16-14-13-15-19-23-29-35-42-48-55-62-75(7)9-2/h73-78,83H,8-72H2,1-7H3,(H,88,89)(H,90,91)/t75?,76-,77+,78+/m0/s1. The summed E-state index contributed by atoms with van der Waals surface area (Å²) in [5.74, 6) is 0.328. The lowest BCUT2D eigenvalue weighted by atomic mass is 9.99. The predicted octanol–water partition coefficient (Wildman–Crippen LogP) is 24.5. The Morgan fingerprint density at radius 3 is 0.752 bits per heavy atom. The summed E-state index contributed by atoms with van der Waals surface area (Å²) >= 11 is 0. The van der Waals surface area contributed by atoms with Crippen LogP contribution in [0.15, 0.2) is 0 Å². The lowest BCUT2D eigenvalue weighted by Gasteiger charge is -2.21. The van der Waals surface area contributed by atoms with E-state index in [0.29, 0.717) is 25.7 Å². The van der Waals surface area contributed by atoms with Gasteiger partial charge in [-0.1, -0.05) is 376 Å². The molecule has 3 unspecified atom stereocenters. The van der Waals surface area contributed by atoms with Gasteiger partial charge >= 0.3 is 39.5 Å². The van der Waals surface area contributed by atoms with Crippen LogP contribution in [0.3, 0.4) is 0 Å². The normalized spacial score (nSPS) is 14.2. The molecule has 0 fully saturated rings. The summed E-state index contributed by atoms with van der Waals surface area (Å²) in [5, 5.41) is 10.6. The molecule has 0 rings (SSSR count). The minimum Gasteiger partial charge on any atom is -0.462 e. The summed E-state index contributed by atoms with van der Waals surface area (Å²) in [7, 11) is -9.92. The summed E-state index contributed by atoms with van der Waals surface area (Å²) < 4.78 is 68.6. The first kappa shape index (κ1) is 99.1. The molecule has 0 aromatic rings. The molecule has 0 amide bonds. The van der Waals surface area contributed by atoms with E-state index in [1.165, 1.54) is 225 Å². The number of aliphatic hydroxyl groups excluding tert-OH is 1. The minimum atomic E-state index is -4.96. The van der Waals surface area contributed by atoms with Gasteiger partial charge in [-0.15, -0.1) is 0 Å². The Morgan fingerprint density at radius 1 is 0.287 bits per heavy atom. The molecule has 17 nitrogen and oxygen atoms in total. The van der Waals surface area contributed by atoms with Crippen LogP contribution in [0.4, 0.5) is 0 Å². The molecule has 6 atom stereocenters. The van der Waals surface area contributed by atoms with E-state index in [2.05, 4.69) is 48.5 Å². The highest BCUT2D eigenvalue weighted by Gasteiger charge is 2.30. The highest BCUT2D eigenvalue weighted by molar-refractivity contribution is 7.47. The molecule has 0 saturated carbocycles. The zero-order chi connectivity index (χ0) is 74.4. The topological polar surface area (TPSA) is 237 Å². The van der Waals surface area contributed by atoms with Crippen molar-refractivity contribution in [2.45, 2.75) is 446 Å². The SMILES string of the molecule is CCCCCCCCCC(=O)OC[C@H](COP(=O)(O)OC[C@H](O)COP(=O)(O)OC[C@@H](COC(=O)CCCCCCCCCCCCCCCCCC(C)C)OC(=O)CCCCCCCCCCCCCCCCCCCCC(C)CC)OC(=O)CCCCCCCCCCCCCC(C)C. The van der Waals surface area contributed by atoms with Crippen molar-refractivity contribution in [1.29, 1.82) is 0 Å². The summed E-state index contributed by atoms with van der Waals surface area (Å²) in [6, 6.07) is 0. The van der Waals surface area contributed by atoms with Crippen LogP contribution in [0.25, 0.3) is 0 Å². The van der Waals surface area contributed by atoms with Crippen molar-refractivity contribution in [2.75, 3.05) is 39.6 Å². The Labute approximate surface area is 619 Å². The number of esters is 4. The number of hydrogen-bond donors (Lipinski definition) is 3. The van der Waals surface area contributed by atoms with E-state index in [-0.39, 0.29) is 25.7 Å². The summed E-state index contributed by atoms with van der Waals surface area (Å²) in [5.41, 5.74) is 0. The van der Waals surface area contributed by atoms with Crippen LogP contribution < -0.4 is 0 Å². The van der Waals surface area contributed by atoms with E-state index in [0.717, 1.165) is 120 Å². The average Bonchev–Trinajstić information content (AvgIpc) is 1.35. The highest BCUT2D eigenvalue weighted by atomic mass is 31.2. The fraction of sp³-hybridized carbons (Fsp3) is 0.951. The van der Waals surface area contributed by atoms with Crippen LogP contribution in [0, 0.1) is 17.8 Å². The predicted molar refractivity (Wildman–Crippen MR) is 414 cm³/mol. The summed E-state index contributed by atoms with van der Waals surface area (Å²) in [4.78, 5) is 72.9. The first-order valence-corrected chi connectivity index (χ1v) is 45.4. The lowest BCUT2D eigenvalue weighted by molar-refractivity contribution is -0.161.